The minimum Gasteiger partial charge on any atom is -0.376 e. The van der Waals surface area contributed by atoms with Crippen LogP contribution in [0.2, 0.25) is 0 Å². The van der Waals surface area contributed by atoms with Crippen LogP contribution in [0.25, 0.3) is 0 Å². The molecule has 2 aliphatic heterocycles. The summed E-state index contributed by atoms with van der Waals surface area (Å²) in [7, 11) is 0. The Bertz CT molecular complexity index is 492. The second kappa shape index (κ2) is 9.19. The SMILES string of the molecule is O=C(CN1CCC(CCc2ccccc2)CC1)NC[C@H]1CCCO1. The van der Waals surface area contributed by atoms with Crippen LogP contribution in [0.4, 0.5) is 0 Å². The fourth-order valence-corrected chi connectivity index (χ4v) is 3.74. The Morgan fingerprint density at radius 3 is 2.67 bits per heavy atom. The second-order valence-corrected chi connectivity index (χ2v) is 7.18. The highest BCUT2D eigenvalue weighted by molar-refractivity contribution is 5.78. The number of hydrogen-bond donors (Lipinski definition) is 1. The summed E-state index contributed by atoms with van der Waals surface area (Å²) in [4.78, 5) is 14.3. The van der Waals surface area contributed by atoms with E-state index in [0.717, 1.165) is 38.5 Å². The summed E-state index contributed by atoms with van der Waals surface area (Å²) in [6.07, 6.45) is 7.30. The molecule has 3 rings (SSSR count). The molecule has 2 fully saturated rings. The minimum absolute atomic E-state index is 0.147. The molecule has 0 spiro atoms. The number of carbonyl (C=O) groups is 1. The smallest absolute Gasteiger partial charge is 0.234 e. The van der Waals surface area contributed by atoms with Crippen molar-refractivity contribution in [2.24, 2.45) is 5.92 Å². The standard InChI is InChI=1S/C20H30N2O2/c23-20(21-15-19-7-4-14-24-19)16-22-12-10-18(11-13-22)9-8-17-5-2-1-3-6-17/h1-3,5-6,18-19H,4,7-16H2,(H,21,23)/t19-/m1/s1. The Labute approximate surface area is 145 Å². The zero-order chi connectivity index (χ0) is 16.6. The van der Waals surface area contributed by atoms with Gasteiger partial charge in [0.1, 0.15) is 0 Å². The van der Waals surface area contributed by atoms with E-state index in [1.165, 1.54) is 31.2 Å². The molecule has 4 nitrogen and oxygen atoms in total. The maximum atomic E-state index is 12.1. The second-order valence-electron chi connectivity index (χ2n) is 7.18. The highest BCUT2D eigenvalue weighted by Crippen LogP contribution is 2.22. The van der Waals surface area contributed by atoms with Gasteiger partial charge in [0.15, 0.2) is 0 Å². The molecule has 132 valence electrons. The molecule has 4 heteroatoms. The largest absolute Gasteiger partial charge is 0.376 e. The number of aryl methyl sites for hydroxylation is 1. The minimum atomic E-state index is 0.147. The molecule has 24 heavy (non-hydrogen) atoms. The molecule has 2 heterocycles. The molecule has 0 unspecified atom stereocenters. The Hall–Kier alpha value is -1.39. The van der Waals surface area contributed by atoms with Crippen molar-refractivity contribution in [3.8, 4) is 0 Å². The quantitative estimate of drug-likeness (QED) is 0.836. The number of rotatable bonds is 7. The van der Waals surface area contributed by atoms with Crippen LogP contribution in [-0.2, 0) is 16.0 Å². The first kappa shape index (κ1) is 17.4. The zero-order valence-electron chi connectivity index (χ0n) is 14.6. The lowest BCUT2D eigenvalue weighted by Gasteiger charge is -2.31. The van der Waals surface area contributed by atoms with E-state index in [4.69, 9.17) is 4.74 Å². The molecule has 0 aromatic heterocycles. The molecule has 0 aliphatic carbocycles. The first-order valence-electron chi connectivity index (χ1n) is 9.44. The average Bonchev–Trinajstić information content (AvgIpc) is 3.14. The van der Waals surface area contributed by atoms with E-state index in [1.54, 1.807) is 0 Å². The third-order valence-corrected chi connectivity index (χ3v) is 5.31. The summed E-state index contributed by atoms with van der Waals surface area (Å²) in [6, 6.07) is 10.7. The molecule has 2 aliphatic rings. The van der Waals surface area contributed by atoms with Crippen molar-refractivity contribution >= 4 is 5.91 Å². The predicted molar refractivity (Wildman–Crippen MR) is 95.9 cm³/mol. The summed E-state index contributed by atoms with van der Waals surface area (Å²) < 4.78 is 5.54. The van der Waals surface area contributed by atoms with E-state index in [0.29, 0.717) is 13.1 Å². The monoisotopic (exact) mass is 330 g/mol. The van der Waals surface area contributed by atoms with Gasteiger partial charge < -0.3 is 10.1 Å². The van der Waals surface area contributed by atoms with Crippen LogP contribution in [-0.4, -0.2) is 49.7 Å². The first-order valence-corrected chi connectivity index (χ1v) is 9.44. The summed E-state index contributed by atoms with van der Waals surface area (Å²) >= 11 is 0. The van der Waals surface area contributed by atoms with E-state index in [9.17, 15) is 4.79 Å². The first-order chi connectivity index (χ1) is 11.8. The van der Waals surface area contributed by atoms with Crippen molar-refractivity contribution in [1.29, 1.82) is 0 Å². The number of hydrogen-bond acceptors (Lipinski definition) is 3. The van der Waals surface area contributed by atoms with Gasteiger partial charge in [-0.2, -0.15) is 0 Å². The van der Waals surface area contributed by atoms with Crippen LogP contribution in [0.15, 0.2) is 30.3 Å². The Morgan fingerprint density at radius 1 is 1.17 bits per heavy atom. The molecule has 1 aromatic rings. The van der Waals surface area contributed by atoms with Gasteiger partial charge in [0.05, 0.1) is 12.6 Å². The van der Waals surface area contributed by atoms with Gasteiger partial charge in [-0.05, 0) is 63.1 Å². The number of likely N-dealkylation sites (tertiary alicyclic amines) is 1. The fraction of sp³-hybridized carbons (Fsp3) is 0.650. The molecule has 1 amide bonds. The molecular formula is C20H30N2O2. The molecular weight excluding hydrogens is 300 g/mol. The van der Waals surface area contributed by atoms with Crippen molar-refractivity contribution in [2.45, 2.75) is 44.6 Å². The lowest BCUT2D eigenvalue weighted by molar-refractivity contribution is -0.123. The van der Waals surface area contributed by atoms with Crippen LogP contribution >= 0.6 is 0 Å². The molecule has 0 saturated carbocycles. The van der Waals surface area contributed by atoms with Crippen molar-refractivity contribution in [2.75, 3.05) is 32.8 Å². The normalized spacial score (nSPS) is 22.6. The molecule has 1 atom stereocenters. The summed E-state index contributed by atoms with van der Waals surface area (Å²) in [5.41, 5.74) is 1.44. The van der Waals surface area contributed by atoms with E-state index >= 15 is 0 Å². The average molecular weight is 330 g/mol. The number of nitrogens with one attached hydrogen (secondary N) is 1. The Balaban J connectivity index is 1.29. The zero-order valence-corrected chi connectivity index (χ0v) is 14.6. The van der Waals surface area contributed by atoms with Gasteiger partial charge in [0.25, 0.3) is 0 Å². The van der Waals surface area contributed by atoms with Gasteiger partial charge in [0.2, 0.25) is 5.91 Å². The van der Waals surface area contributed by atoms with Gasteiger partial charge in [-0.3, -0.25) is 9.69 Å². The van der Waals surface area contributed by atoms with Crippen molar-refractivity contribution in [1.82, 2.24) is 10.2 Å². The maximum absolute atomic E-state index is 12.1. The van der Waals surface area contributed by atoms with Crippen LogP contribution in [0.3, 0.4) is 0 Å². The lowest BCUT2D eigenvalue weighted by atomic mass is 9.90. The van der Waals surface area contributed by atoms with Crippen LogP contribution in [0.5, 0.6) is 0 Å². The number of benzene rings is 1. The van der Waals surface area contributed by atoms with Gasteiger partial charge in [-0.15, -0.1) is 0 Å². The van der Waals surface area contributed by atoms with Crippen LogP contribution in [0.1, 0.15) is 37.7 Å². The highest BCUT2D eigenvalue weighted by atomic mass is 16.5. The fourth-order valence-electron chi connectivity index (χ4n) is 3.74. The third kappa shape index (κ3) is 5.60. The predicted octanol–water partition coefficient (Wildman–Crippen LogP) is 2.63. The van der Waals surface area contributed by atoms with Gasteiger partial charge in [-0.1, -0.05) is 30.3 Å². The maximum Gasteiger partial charge on any atom is 0.234 e. The lowest BCUT2D eigenvalue weighted by Crippen LogP contribution is -2.43. The van der Waals surface area contributed by atoms with Crippen LogP contribution < -0.4 is 5.32 Å². The van der Waals surface area contributed by atoms with E-state index in [1.807, 2.05) is 0 Å². The van der Waals surface area contributed by atoms with Crippen molar-refractivity contribution in [3.05, 3.63) is 35.9 Å². The number of carbonyl (C=O) groups excluding carboxylic acids is 1. The third-order valence-electron chi connectivity index (χ3n) is 5.31. The van der Waals surface area contributed by atoms with Crippen LogP contribution in [0, 0.1) is 5.92 Å². The topological polar surface area (TPSA) is 41.6 Å². The van der Waals surface area contributed by atoms with Gasteiger partial charge in [0, 0.05) is 13.2 Å². The summed E-state index contributed by atoms with van der Waals surface area (Å²) in [6.45, 7) is 4.15. The molecule has 1 N–H and O–H groups in total. The summed E-state index contributed by atoms with van der Waals surface area (Å²) in [5, 5.41) is 3.02. The molecule has 1 aromatic carbocycles. The van der Waals surface area contributed by atoms with Crippen molar-refractivity contribution < 1.29 is 9.53 Å². The Kier molecular flexibility index (Phi) is 6.67. The number of ether oxygens (including phenoxy) is 1. The highest BCUT2D eigenvalue weighted by Gasteiger charge is 2.21. The number of nitrogens with zero attached hydrogens (tertiary/aromatic N) is 1. The molecule has 2 saturated heterocycles. The molecule has 0 radical (unpaired) electrons. The number of amides is 1. The summed E-state index contributed by atoms with van der Waals surface area (Å²) in [5.74, 6) is 0.949. The van der Waals surface area contributed by atoms with E-state index < -0.39 is 0 Å². The van der Waals surface area contributed by atoms with E-state index in [-0.39, 0.29) is 12.0 Å². The van der Waals surface area contributed by atoms with E-state index in [2.05, 4.69) is 40.5 Å². The Morgan fingerprint density at radius 2 is 1.96 bits per heavy atom. The molecule has 0 bridgehead atoms. The number of piperidine rings is 1. The van der Waals surface area contributed by atoms with Gasteiger partial charge in [-0.25, -0.2) is 0 Å². The van der Waals surface area contributed by atoms with Crippen molar-refractivity contribution in [3.63, 3.8) is 0 Å². The van der Waals surface area contributed by atoms with Gasteiger partial charge >= 0.3 is 0 Å².